The summed E-state index contributed by atoms with van der Waals surface area (Å²) in [5.41, 5.74) is 1.57. The number of aromatic carboxylic acids is 1. The monoisotopic (exact) mass is 249 g/mol. The van der Waals surface area contributed by atoms with Gasteiger partial charge in [-0.25, -0.2) is 13.9 Å². The van der Waals surface area contributed by atoms with Gasteiger partial charge in [-0.1, -0.05) is 12.1 Å². The third-order valence-electron chi connectivity index (χ3n) is 2.57. The molecule has 5 nitrogen and oxygen atoms in total. The quantitative estimate of drug-likeness (QED) is 0.903. The standard InChI is InChI=1S/C12H12FN3O2/c1-3-10-11(12(17)18)14-15-16(10)9-5-7(2)4-8(13)6-9/h4-6H,3H2,1-2H3,(H,17,18). The predicted octanol–water partition coefficient (Wildman–Crippen LogP) is 1.98. The molecule has 0 saturated carbocycles. The van der Waals surface area contributed by atoms with E-state index in [1.807, 2.05) is 0 Å². The van der Waals surface area contributed by atoms with Crippen molar-refractivity contribution in [2.45, 2.75) is 20.3 Å². The van der Waals surface area contributed by atoms with Crippen LogP contribution in [-0.4, -0.2) is 26.1 Å². The van der Waals surface area contributed by atoms with Crippen LogP contribution in [0, 0.1) is 12.7 Å². The highest BCUT2D eigenvalue weighted by Crippen LogP contribution is 2.16. The second kappa shape index (κ2) is 4.56. The third kappa shape index (κ3) is 2.09. The molecule has 0 fully saturated rings. The van der Waals surface area contributed by atoms with E-state index in [4.69, 9.17) is 5.11 Å². The van der Waals surface area contributed by atoms with Gasteiger partial charge in [-0.3, -0.25) is 0 Å². The minimum absolute atomic E-state index is 0.0978. The van der Waals surface area contributed by atoms with Crippen LogP contribution in [0.5, 0.6) is 0 Å². The fourth-order valence-corrected chi connectivity index (χ4v) is 1.83. The number of carboxylic acids is 1. The summed E-state index contributed by atoms with van der Waals surface area (Å²) in [5.74, 6) is -1.52. The minimum atomic E-state index is -1.13. The molecule has 1 aromatic heterocycles. The topological polar surface area (TPSA) is 68.0 Å². The van der Waals surface area contributed by atoms with Gasteiger partial charge < -0.3 is 5.11 Å². The van der Waals surface area contributed by atoms with E-state index in [2.05, 4.69) is 10.3 Å². The molecule has 18 heavy (non-hydrogen) atoms. The lowest BCUT2D eigenvalue weighted by molar-refractivity contribution is 0.0689. The van der Waals surface area contributed by atoms with Gasteiger partial charge in [0.05, 0.1) is 11.4 Å². The molecule has 94 valence electrons. The van der Waals surface area contributed by atoms with Gasteiger partial charge in [0.2, 0.25) is 0 Å². The SMILES string of the molecule is CCc1c(C(=O)O)nnn1-c1cc(C)cc(F)c1. The average molecular weight is 249 g/mol. The van der Waals surface area contributed by atoms with Gasteiger partial charge in [-0.15, -0.1) is 5.10 Å². The number of rotatable bonds is 3. The van der Waals surface area contributed by atoms with Crippen molar-refractivity contribution >= 4 is 5.97 Å². The fraction of sp³-hybridized carbons (Fsp3) is 0.250. The van der Waals surface area contributed by atoms with E-state index >= 15 is 0 Å². The zero-order chi connectivity index (χ0) is 13.3. The Bertz CT molecular complexity index is 587. The van der Waals surface area contributed by atoms with E-state index in [-0.39, 0.29) is 11.5 Å². The Morgan fingerprint density at radius 2 is 2.17 bits per heavy atom. The van der Waals surface area contributed by atoms with Gasteiger partial charge in [0.15, 0.2) is 5.69 Å². The molecule has 0 atom stereocenters. The van der Waals surface area contributed by atoms with Crippen molar-refractivity contribution in [1.29, 1.82) is 0 Å². The molecule has 1 aromatic carbocycles. The van der Waals surface area contributed by atoms with Crippen LogP contribution >= 0.6 is 0 Å². The lowest BCUT2D eigenvalue weighted by Crippen LogP contribution is -2.06. The second-order valence-electron chi connectivity index (χ2n) is 3.94. The number of carbonyl (C=O) groups is 1. The van der Waals surface area contributed by atoms with Gasteiger partial charge in [-0.2, -0.15) is 0 Å². The average Bonchev–Trinajstić information content (AvgIpc) is 2.70. The van der Waals surface area contributed by atoms with Crippen molar-refractivity contribution in [1.82, 2.24) is 15.0 Å². The summed E-state index contributed by atoms with van der Waals surface area (Å²) >= 11 is 0. The predicted molar refractivity (Wildman–Crippen MR) is 62.4 cm³/mol. The van der Waals surface area contributed by atoms with Crippen molar-refractivity contribution in [2.24, 2.45) is 0 Å². The Hall–Kier alpha value is -2.24. The number of aromatic nitrogens is 3. The van der Waals surface area contributed by atoms with Gasteiger partial charge in [0.25, 0.3) is 0 Å². The minimum Gasteiger partial charge on any atom is -0.476 e. The van der Waals surface area contributed by atoms with Crippen molar-refractivity contribution in [2.75, 3.05) is 0 Å². The maximum absolute atomic E-state index is 13.3. The number of benzene rings is 1. The Balaban J connectivity index is 2.60. The number of aryl methyl sites for hydroxylation is 1. The third-order valence-corrected chi connectivity index (χ3v) is 2.57. The van der Waals surface area contributed by atoms with Gasteiger partial charge in [-0.05, 0) is 37.1 Å². The van der Waals surface area contributed by atoms with Crippen molar-refractivity contribution < 1.29 is 14.3 Å². The first-order valence-electron chi connectivity index (χ1n) is 5.48. The van der Waals surface area contributed by atoms with Gasteiger partial charge >= 0.3 is 5.97 Å². The lowest BCUT2D eigenvalue weighted by atomic mass is 10.2. The summed E-state index contributed by atoms with van der Waals surface area (Å²) in [5, 5.41) is 16.4. The van der Waals surface area contributed by atoms with Crippen LogP contribution in [0.1, 0.15) is 28.7 Å². The molecule has 0 spiro atoms. The van der Waals surface area contributed by atoms with Crippen LogP contribution in [0.3, 0.4) is 0 Å². The van der Waals surface area contributed by atoms with E-state index < -0.39 is 5.97 Å². The molecular formula is C12H12FN3O2. The Morgan fingerprint density at radius 1 is 1.44 bits per heavy atom. The maximum Gasteiger partial charge on any atom is 0.358 e. The Morgan fingerprint density at radius 3 is 2.72 bits per heavy atom. The summed E-state index contributed by atoms with van der Waals surface area (Å²) in [6, 6.07) is 4.42. The largest absolute Gasteiger partial charge is 0.476 e. The van der Waals surface area contributed by atoms with Crippen LogP contribution in [0.2, 0.25) is 0 Å². The highest BCUT2D eigenvalue weighted by Gasteiger charge is 2.18. The van der Waals surface area contributed by atoms with Crippen LogP contribution < -0.4 is 0 Å². The summed E-state index contributed by atoms with van der Waals surface area (Å²) in [6.45, 7) is 3.56. The smallest absolute Gasteiger partial charge is 0.358 e. The first-order chi connectivity index (χ1) is 8.52. The molecule has 6 heteroatoms. The van der Waals surface area contributed by atoms with Crippen molar-refractivity contribution in [3.05, 3.63) is 41.0 Å². The first kappa shape index (κ1) is 12.2. The fourth-order valence-electron chi connectivity index (χ4n) is 1.83. The summed E-state index contributed by atoms with van der Waals surface area (Å²) in [7, 11) is 0. The van der Waals surface area contributed by atoms with Gasteiger partial charge in [0.1, 0.15) is 5.82 Å². The molecule has 0 aliphatic heterocycles. The number of hydrogen-bond acceptors (Lipinski definition) is 3. The van der Waals surface area contributed by atoms with Crippen LogP contribution in [0.4, 0.5) is 4.39 Å². The second-order valence-corrected chi connectivity index (χ2v) is 3.94. The number of hydrogen-bond donors (Lipinski definition) is 1. The molecule has 2 rings (SSSR count). The molecular weight excluding hydrogens is 237 g/mol. The van der Waals surface area contributed by atoms with Crippen LogP contribution in [0.15, 0.2) is 18.2 Å². The molecule has 0 radical (unpaired) electrons. The zero-order valence-electron chi connectivity index (χ0n) is 10.0. The zero-order valence-corrected chi connectivity index (χ0v) is 10.0. The number of carboxylic acid groups (broad SMARTS) is 1. The molecule has 0 aliphatic carbocycles. The Labute approximate surface area is 103 Å². The summed E-state index contributed by atoms with van der Waals surface area (Å²) in [6.07, 6.45) is 0.449. The van der Waals surface area contributed by atoms with Crippen molar-refractivity contribution in [3.63, 3.8) is 0 Å². The molecule has 0 unspecified atom stereocenters. The number of halogens is 1. The van der Waals surface area contributed by atoms with E-state index in [0.29, 0.717) is 17.8 Å². The number of nitrogens with zero attached hydrogens (tertiary/aromatic N) is 3. The van der Waals surface area contributed by atoms with E-state index in [0.717, 1.165) is 5.56 Å². The molecule has 0 amide bonds. The van der Waals surface area contributed by atoms with E-state index in [1.165, 1.54) is 16.8 Å². The van der Waals surface area contributed by atoms with Gasteiger partial charge in [0, 0.05) is 0 Å². The molecule has 0 aliphatic rings. The molecule has 1 N–H and O–H groups in total. The molecule has 0 saturated heterocycles. The van der Waals surface area contributed by atoms with Crippen molar-refractivity contribution in [3.8, 4) is 5.69 Å². The normalized spacial score (nSPS) is 10.6. The summed E-state index contributed by atoms with van der Waals surface area (Å²) < 4.78 is 14.7. The molecule has 1 heterocycles. The van der Waals surface area contributed by atoms with E-state index in [1.54, 1.807) is 19.9 Å². The highest BCUT2D eigenvalue weighted by atomic mass is 19.1. The molecule has 2 aromatic rings. The Kier molecular flexibility index (Phi) is 3.10. The molecule has 0 bridgehead atoms. The van der Waals surface area contributed by atoms with Crippen LogP contribution in [0.25, 0.3) is 5.69 Å². The lowest BCUT2D eigenvalue weighted by Gasteiger charge is -2.06. The van der Waals surface area contributed by atoms with Crippen LogP contribution in [-0.2, 0) is 6.42 Å². The summed E-state index contributed by atoms with van der Waals surface area (Å²) in [4.78, 5) is 11.0. The highest BCUT2D eigenvalue weighted by molar-refractivity contribution is 5.86. The first-order valence-corrected chi connectivity index (χ1v) is 5.48. The maximum atomic E-state index is 13.3. The van der Waals surface area contributed by atoms with E-state index in [9.17, 15) is 9.18 Å².